The van der Waals surface area contributed by atoms with E-state index in [4.69, 9.17) is 9.16 Å². The maximum absolute atomic E-state index is 6.78. The number of hydrogen-bond acceptors (Lipinski definition) is 2. The average molecular weight is 419 g/mol. The van der Waals surface area contributed by atoms with Gasteiger partial charge in [0.15, 0.2) is 0 Å². The van der Waals surface area contributed by atoms with Gasteiger partial charge in [-0.1, -0.05) is 91.0 Å². The number of rotatable bonds is 11. The summed E-state index contributed by atoms with van der Waals surface area (Å²) in [7, 11) is -2.02. The van der Waals surface area contributed by atoms with Crippen molar-refractivity contribution in [1.29, 1.82) is 0 Å². The van der Waals surface area contributed by atoms with E-state index in [1.165, 1.54) is 16.3 Å². The second-order valence-electron chi connectivity index (χ2n) is 8.63. The minimum absolute atomic E-state index is 0.113. The third kappa shape index (κ3) is 6.40. The summed E-state index contributed by atoms with van der Waals surface area (Å²) in [5.41, 5.74) is 2.55. The SMILES string of the molecule is CCOCC(CO[Si](C)(C)c1ccccc1)(Cc1ccccc1)Cc1ccccc1. The molecule has 2 nitrogen and oxygen atoms in total. The van der Waals surface area contributed by atoms with Gasteiger partial charge in [0.25, 0.3) is 0 Å². The Kier molecular flexibility index (Phi) is 8.03. The van der Waals surface area contributed by atoms with Crippen LogP contribution in [-0.2, 0) is 22.0 Å². The first kappa shape index (κ1) is 22.5. The average Bonchev–Trinajstić information content (AvgIpc) is 2.78. The van der Waals surface area contributed by atoms with Gasteiger partial charge in [-0.25, -0.2) is 0 Å². The Morgan fingerprint density at radius 1 is 0.667 bits per heavy atom. The molecule has 30 heavy (non-hydrogen) atoms. The third-order valence-corrected chi connectivity index (χ3v) is 8.25. The van der Waals surface area contributed by atoms with Crippen LogP contribution in [0, 0.1) is 5.41 Å². The molecule has 3 aromatic rings. The second kappa shape index (κ2) is 10.7. The van der Waals surface area contributed by atoms with Crippen molar-refractivity contribution in [1.82, 2.24) is 0 Å². The molecule has 3 heteroatoms. The summed E-state index contributed by atoms with van der Waals surface area (Å²) in [6.07, 6.45) is 1.87. The Bertz CT molecular complexity index is 822. The summed E-state index contributed by atoms with van der Waals surface area (Å²) in [5.74, 6) is 0. The van der Waals surface area contributed by atoms with Gasteiger partial charge in [-0.3, -0.25) is 0 Å². The van der Waals surface area contributed by atoms with Crippen LogP contribution < -0.4 is 5.19 Å². The Balaban J connectivity index is 1.89. The van der Waals surface area contributed by atoms with E-state index < -0.39 is 8.32 Å². The third-order valence-electron chi connectivity index (χ3n) is 5.66. The Hall–Kier alpha value is -2.20. The lowest BCUT2D eigenvalue weighted by atomic mass is 9.78. The molecule has 0 aliphatic heterocycles. The van der Waals surface area contributed by atoms with Gasteiger partial charge in [-0.05, 0) is 49.2 Å². The molecule has 158 valence electrons. The van der Waals surface area contributed by atoms with Gasteiger partial charge in [0.2, 0.25) is 8.32 Å². The van der Waals surface area contributed by atoms with Crippen LogP contribution in [-0.4, -0.2) is 28.1 Å². The molecule has 0 bridgehead atoms. The lowest BCUT2D eigenvalue weighted by molar-refractivity contribution is 0.0166. The maximum Gasteiger partial charge on any atom is 0.218 e. The van der Waals surface area contributed by atoms with Crippen molar-refractivity contribution in [2.75, 3.05) is 19.8 Å². The van der Waals surface area contributed by atoms with Crippen LogP contribution in [0.15, 0.2) is 91.0 Å². The van der Waals surface area contributed by atoms with E-state index in [1.54, 1.807) is 0 Å². The minimum atomic E-state index is -2.02. The van der Waals surface area contributed by atoms with Crippen molar-refractivity contribution in [3.63, 3.8) is 0 Å². The zero-order valence-electron chi connectivity index (χ0n) is 18.5. The van der Waals surface area contributed by atoms with Crippen molar-refractivity contribution in [2.24, 2.45) is 5.41 Å². The molecular formula is C27H34O2Si. The highest BCUT2D eigenvalue weighted by atomic mass is 28.4. The Morgan fingerprint density at radius 2 is 1.13 bits per heavy atom. The number of ether oxygens (including phenoxy) is 1. The monoisotopic (exact) mass is 418 g/mol. The summed E-state index contributed by atoms with van der Waals surface area (Å²) in [4.78, 5) is 0. The van der Waals surface area contributed by atoms with Crippen LogP contribution >= 0.6 is 0 Å². The topological polar surface area (TPSA) is 18.5 Å². The van der Waals surface area contributed by atoms with E-state index in [1.807, 2.05) is 0 Å². The summed E-state index contributed by atoms with van der Waals surface area (Å²) in [6, 6.07) is 32.2. The quantitative estimate of drug-likeness (QED) is 0.376. The van der Waals surface area contributed by atoms with E-state index in [0.717, 1.165) is 12.8 Å². The van der Waals surface area contributed by atoms with Gasteiger partial charge in [-0.2, -0.15) is 0 Å². The molecule has 3 rings (SSSR count). The van der Waals surface area contributed by atoms with Crippen molar-refractivity contribution in [3.05, 3.63) is 102 Å². The molecule has 0 saturated heterocycles. The van der Waals surface area contributed by atoms with Crippen LogP contribution in [0.3, 0.4) is 0 Å². The van der Waals surface area contributed by atoms with Crippen molar-refractivity contribution >= 4 is 13.5 Å². The van der Waals surface area contributed by atoms with Gasteiger partial charge >= 0.3 is 0 Å². The molecular weight excluding hydrogens is 384 g/mol. The van der Waals surface area contributed by atoms with Gasteiger partial charge < -0.3 is 9.16 Å². The zero-order chi connectivity index (χ0) is 21.3. The summed E-state index contributed by atoms with van der Waals surface area (Å²) < 4.78 is 12.8. The first-order valence-corrected chi connectivity index (χ1v) is 13.8. The van der Waals surface area contributed by atoms with E-state index in [0.29, 0.717) is 19.8 Å². The smallest absolute Gasteiger partial charge is 0.218 e. The van der Waals surface area contributed by atoms with Crippen LogP contribution in [0.1, 0.15) is 18.1 Å². The standard InChI is InChI=1S/C27H34O2Si/c1-4-28-22-27(20-24-14-8-5-9-15-24,21-25-16-10-6-11-17-25)23-29-30(2,3)26-18-12-7-13-19-26/h5-19H,4,20-23H2,1-3H3. The van der Waals surface area contributed by atoms with Crippen LogP contribution in [0.5, 0.6) is 0 Å². The second-order valence-corrected chi connectivity index (χ2v) is 12.5. The fraction of sp³-hybridized carbons (Fsp3) is 0.333. The van der Waals surface area contributed by atoms with Crippen molar-refractivity contribution in [2.45, 2.75) is 32.9 Å². The maximum atomic E-state index is 6.78. The first-order valence-electron chi connectivity index (χ1n) is 10.9. The first-order chi connectivity index (χ1) is 14.5. The van der Waals surface area contributed by atoms with Gasteiger partial charge in [0.1, 0.15) is 0 Å². The summed E-state index contributed by atoms with van der Waals surface area (Å²) in [5, 5.41) is 1.33. The van der Waals surface area contributed by atoms with Crippen molar-refractivity contribution < 1.29 is 9.16 Å². The van der Waals surface area contributed by atoms with E-state index in [-0.39, 0.29) is 5.41 Å². The van der Waals surface area contributed by atoms with Crippen LogP contribution in [0.25, 0.3) is 0 Å². The van der Waals surface area contributed by atoms with Crippen LogP contribution in [0.4, 0.5) is 0 Å². The van der Waals surface area contributed by atoms with Crippen molar-refractivity contribution in [3.8, 4) is 0 Å². The molecule has 0 unspecified atom stereocenters. The van der Waals surface area contributed by atoms with E-state index in [2.05, 4.69) is 111 Å². The van der Waals surface area contributed by atoms with E-state index in [9.17, 15) is 0 Å². The molecule has 0 heterocycles. The minimum Gasteiger partial charge on any atom is -0.412 e. The predicted molar refractivity (Wildman–Crippen MR) is 129 cm³/mol. The van der Waals surface area contributed by atoms with Gasteiger partial charge in [-0.15, -0.1) is 0 Å². The lowest BCUT2D eigenvalue weighted by Gasteiger charge is -2.37. The fourth-order valence-electron chi connectivity index (χ4n) is 3.94. The molecule has 0 fully saturated rings. The lowest BCUT2D eigenvalue weighted by Crippen LogP contribution is -2.49. The Morgan fingerprint density at radius 3 is 1.60 bits per heavy atom. The molecule has 0 atom stereocenters. The number of benzene rings is 3. The molecule has 0 N–H and O–H groups in total. The number of hydrogen-bond donors (Lipinski definition) is 0. The van der Waals surface area contributed by atoms with E-state index >= 15 is 0 Å². The molecule has 3 aromatic carbocycles. The molecule has 0 radical (unpaired) electrons. The largest absolute Gasteiger partial charge is 0.412 e. The molecule has 0 spiro atoms. The highest BCUT2D eigenvalue weighted by Crippen LogP contribution is 2.31. The highest BCUT2D eigenvalue weighted by molar-refractivity contribution is 6.84. The van der Waals surface area contributed by atoms with Crippen LogP contribution in [0.2, 0.25) is 13.1 Å². The predicted octanol–water partition coefficient (Wildman–Crippen LogP) is 5.62. The molecule has 0 aromatic heterocycles. The summed E-state index contributed by atoms with van der Waals surface area (Å²) >= 11 is 0. The normalized spacial score (nSPS) is 12.1. The Labute approximate surface area is 183 Å². The fourth-order valence-corrected chi connectivity index (χ4v) is 5.77. The zero-order valence-corrected chi connectivity index (χ0v) is 19.5. The molecule has 0 aliphatic carbocycles. The van der Waals surface area contributed by atoms with Gasteiger partial charge in [0, 0.05) is 18.6 Å². The summed E-state index contributed by atoms with van der Waals surface area (Å²) in [6.45, 7) is 8.74. The molecule has 0 amide bonds. The van der Waals surface area contributed by atoms with Gasteiger partial charge in [0.05, 0.1) is 6.61 Å². The molecule has 0 saturated carbocycles. The highest BCUT2D eigenvalue weighted by Gasteiger charge is 2.35. The molecule has 0 aliphatic rings.